The summed E-state index contributed by atoms with van der Waals surface area (Å²) in [6.07, 6.45) is 4.73. The predicted molar refractivity (Wildman–Crippen MR) is 134 cm³/mol. The molecule has 0 atom stereocenters. The maximum absolute atomic E-state index is 13.1. The van der Waals surface area contributed by atoms with E-state index in [2.05, 4.69) is 5.32 Å². The molecule has 7 nitrogen and oxygen atoms in total. The first-order chi connectivity index (χ1) is 16.8. The third-order valence-electron chi connectivity index (χ3n) is 5.85. The third kappa shape index (κ3) is 5.58. The molecule has 1 saturated heterocycles. The van der Waals surface area contributed by atoms with Crippen LogP contribution in [-0.4, -0.2) is 35.4 Å². The van der Waals surface area contributed by atoms with Crippen molar-refractivity contribution in [3.63, 3.8) is 0 Å². The normalized spacial score (nSPS) is 17.8. The van der Waals surface area contributed by atoms with Crippen LogP contribution in [-0.2, 0) is 16.2 Å². The van der Waals surface area contributed by atoms with Crippen molar-refractivity contribution in [3.05, 3.63) is 62.1 Å². The van der Waals surface area contributed by atoms with Crippen LogP contribution in [0.1, 0.15) is 43.7 Å². The molecule has 10 heteroatoms. The standard InChI is InChI=1S/C25H23Cl3N2O5/c1-2-34-21-11-14(10-20(28)22(21)35-13-15-7-8-16(26)12-19(15)27)9-18-23(31)29-25(33)30(24(18)32)17-5-3-4-6-17/h7-12,17H,2-6,13H2,1H3,(H,29,31,33)/b18-9+. The SMILES string of the molecule is CCOc1cc(/C=C2\C(=O)NC(=O)N(C3CCCC3)C2=O)cc(Cl)c1OCc1ccc(Cl)cc1Cl. The van der Waals surface area contributed by atoms with Crippen LogP contribution < -0.4 is 14.8 Å². The highest BCUT2D eigenvalue weighted by molar-refractivity contribution is 6.35. The van der Waals surface area contributed by atoms with Gasteiger partial charge in [0.2, 0.25) is 0 Å². The van der Waals surface area contributed by atoms with E-state index in [0.717, 1.165) is 30.6 Å². The van der Waals surface area contributed by atoms with E-state index in [1.54, 1.807) is 30.3 Å². The van der Waals surface area contributed by atoms with Gasteiger partial charge in [0, 0.05) is 21.7 Å². The molecular formula is C25H23Cl3N2O5. The summed E-state index contributed by atoms with van der Waals surface area (Å²) in [5, 5.41) is 3.46. The predicted octanol–water partition coefficient (Wildman–Crippen LogP) is 6.03. The summed E-state index contributed by atoms with van der Waals surface area (Å²) in [5.74, 6) is -0.730. The Morgan fingerprint density at radius 2 is 1.77 bits per heavy atom. The number of ether oxygens (including phenoxy) is 2. The number of carbonyl (C=O) groups is 3. The van der Waals surface area contributed by atoms with Crippen LogP contribution in [0.15, 0.2) is 35.9 Å². The number of carbonyl (C=O) groups excluding carboxylic acids is 3. The molecule has 2 fully saturated rings. The van der Waals surface area contributed by atoms with Gasteiger partial charge in [-0.2, -0.15) is 0 Å². The molecule has 1 N–H and O–H groups in total. The van der Waals surface area contributed by atoms with E-state index in [1.807, 2.05) is 6.92 Å². The van der Waals surface area contributed by atoms with E-state index in [4.69, 9.17) is 44.3 Å². The lowest BCUT2D eigenvalue weighted by molar-refractivity contribution is -0.131. The molecule has 4 rings (SSSR count). The number of benzene rings is 2. The molecule has 0 aromatic heterocycles. The first-order valence-corrected chi connectivity index (χ1v) is 12.4. The molecule has 1 aliphatic heterocycles. The second-order valence-electron chi connectivity index (χ2n) is 8.22. The molecule has 1 aliphatic carbocycles. The molecule has 35 heavy (non-hydrogen) atoms. The summed E-state index contributed by atoms with van der Waals surface area (Å²) in [5.41, 5.74) is 1.02. The van der Waals surface area contributed by atoms with Crippen molar-refractivity contribution >= 4 is 58.7 Å². The van der Waals surface area contributed by atoms with Crippen molar-refractivity contribution in [1.82, 2.24) is 10.2 Å². The van der Waals surface area contributed by atoms with Gasteiger partial charge in [-0.1, -0.05) is 53.7 Å². The number of barbiturate groups is 1. The Hall–Kier alpha value is -2.74. The van der Waals surface area contributed by atoms with Gasteiger partial charge in [-0.05, 0) is 55.7 Å². The van der Waals surface area contributed by atoms with Crippen LogP contribution in [0.4, 0.5) is 4.79 Å². The summed E-state index contributed by atoms with van der Waals surface area (Å²) < 4.78 is 11.6. The molecular weight excluding hydrogens is 515 g/mol. The van der Waals surface area contributed by atoms with Crippen LogP contribution in [0.25, 0.3) is 6.08 Å². The molecule has 184 valence electrons. The van der Waals surface area contributed by atoms with Gasteiger partial charge in [0.25, 0.3) is 11.8 Å². The van der Waals surface area contributed by atoms with Crippen molar-refractivity contribution in [2.45, 2.75) is 45.3 Å². The summed E-state index contributed by atoms with van der Waals surface area (Å²) in [4.78, 5) is 39.1. The van der Waals surface area contributed by atoms with E-state index in [1.165, 1.54) is 6.08 Å². The third-order valence-corrected chi connectivity index (χ3v) is 6.72. The molecule has 2 aliphatic rings. The lowest BCUT2D eigenvalue weighted by Gasteiger charge is -2.31. The molecule has 0 bridgehead atoms. The largest absolute Gasteiger partial charge is 0.490 e. The number of nitrogens with zero attached hydrogens (tertiary/aromatic N) is 1. The first kappa shape index (κ1) is 25.4. The van der Waals surface area contributed by atoms with Gasteiger partial charge in [0.15, 0.2) is 11.5 Å². The summed E-state index contributed by atoms with van der Waals surface area (Å²) in [6.45, 7) is 2.26. The number of amides is 4. The topological polar surface area (TPSA) is 84.9 Å². The second-order valence-corrected chi connectivity index (χ2v) is 9.47. The van der Waals surface area contributed by atoms with E-state index in [-0.39, 0.29) is 23.2 Å². The Balaban J connectivity index is 1.62. The zero-order valence-corrected chi connectivity index (χ0v) is 21.2. The molecule has 0 spiro atoms. The van der Waals surface area contributed by atoms with Crippen LogP contribution >= 0.6 is 34.8 Å². The van der Waals surface area contributed by atoms with E-state index < -0.39 is 17.8 Å². The van der Waals surface area contributed by atoms with Crippen LogP contribution in [0, 0.1) is 0 Å². The number of hydrogen-bond acceptors (Lipinski definition) is 5. The van der Waals surface area contributed by atoms with Crippen molar-refractivity contribution in [3.8, 4) is 11.5 Å². The highest BCUT2D eigenvalue weighted by Crippen LogP contribution is 2.38. The Labute approximate surface area is 217 Å². The fourth-order valence-corrected chi connectivity index (χ4v) is 4.93. The highest BCUT2D eigenvalue weighted by atomic mass is 35.5. The van der Waals surface area contributed by atoms with Gasteiger partial charge >= 0.3 is 6.03 Å². The quantitative estimate of drug-likeness (QED) is 0.344. The smallest absolute Gasteiger partial charge is 0.331 e. The van der Waals surface area contributed by atoms with Crippen molar-refractivity contribution in [2.24, 2.45) is 0 Å². The summed E-state index contributed by atoms with van der Waals surface area (Å²) in [7, 11) is 0. The number of hydrogen-bond donors (Lipinski definition) is 1. The molecule has 1 saturated carbocycles. The van der Waals surface area contributed by atoms with Crippen LogP contribution in [0.5, 0.6) is 11.5 Å². The molecule has 0 radical (unpaired) electrons. The van der Waals surface area contributed by atoms with Gasteiger partial charge in [0.1, 0.15) is 12.2 Å². The fourth-order valence-electron chi connectivity index (χ4n) is 4.19. The molecule has 2 aromatic carbocycles. The van der Waals surface area contributed by atoms with Crippen LogP contribution in [0.2, 0.25) is 15.1 Å². The monoisotopic (exact) mass is 536 g/mol. The molecule has 2 aromatic rings. The number of halogens is 3. The molecule has 0 unspecified atom stereocenters. The lowest BCUT2D eigenvalue weighted by Crippen LogP contribution is -2.57. The fraction of sp³-hybridized carbons (Fsp3) is 0.320. The van der Waals surface area contributed by atoms with Gasteiger partial charge in [-0.25, -0.2) is 4.79 Å². The minimum absolute atomic E-state index is 0.121. The van der Waals surface area contributed by atoms with Crippen LogP contribution in [0.3, 0.4) is 0 Å². The van der Waals surface area contributed by atoms with E-state index in [0.29, 0.717) is 39.3 Å². The lowest BCUT2D eigenvalue weighted by atomic mass is 10.0. The van der Waals surface area contributed by atoms with Crippen molar-refractivity contribution in [1.29, 1.82) is 0 Å². The Morgan fingerprint density at radius 3 is 2.46 bits per heavy atom. The number of rotatable bonds is 7. The zero-order chi connectivity index (χ0) is 25.1. The van der Waals surface area contributed by atoms with Crippen molar-refractivity contribution in [2.75, 3.05) is 6.61 Å². The minimum Gasteiger partial charge on any atom is -0.490 e. The van der Waals surface area contributed by atoms with E-state index in [9.17, 15) is 14.4 Å². The van der Waals surface area contributed by atoms with E-state index >= 15 is 0 Å². The first-order valence-electron chi connectivity index (χ1n) is 11.2. The summed E-state index contributed by atoms with van der Waals surface area (Å²) >= 11 is 18.7. The number of imide groups is 2. The Morgan fingerprint density at radius 1 is 1.03 bits per heavy atom. The Kier molecular flexibility index (Phi) is 7.89. The maximum atomic E-state index is 13.1. The van der Waals surface area contributed by atoms with Gasteiger partial charge in [-0.15, -0.1) is 0 Å². The number of nitrogens with one attached hydrogen (secondary N) is 1. The number of urea groups is 1. The Bertz CT molecular complexity index is 1210. The zero-order valence-electron chi connectivity index (χ0n) is 18.9. The van der Waals surface area contributed by atoms with Gasteiger partial charge in [0.05, 0.1) is 11.6 Å². The average molecular weight is 538 g/mol. The highest BCUT2D eigenvalue weighted by Gasteiger charge is 2.40. The van der Waals surface area contributed by atoms with Gasteiger partial charge < -0.3 is 9.47 Å². The molecule has 1 heterocycles. The average Bonchev–Trinajstić information content (AvgIpc) is 3.31. The second kappa shape index (κ2) is 10.9. The van der Waals surface area contributed by atoms with Crippen molar-refractivity contribution < 1.29 is 23.9 Å². The summed E-state index contributed by atoms with van der Waals surface area (Å²) in [6, 6.07) is 7.37. The van der Waals surface area contributed by atoms with Gasteiger partial charge in [-0.3, -0.25) is 19.8 Å². The maximum Gasteiger partial charge on any atom is 0.331 e. The molecule has 4 amide bonds. The minimum atomic E-state index is -0.749.